The van der Waals surface area contributed by atoms with Crippen molar-refractivity contribution in [2.24, 2.45) is 0 Å². The Morgan fingerprint density at radius 2 is 1.56 bits per heavy atom. The van der Waals surface area contributed by atoms with E-state index in [1.807, 2.05) is 26.0 Å². The molecule has 0 saturated heterocycles. The lowest BCUT2D eigenvalue weighted by Crippen LogP contribution is -2.03. The van der Waals surface area contributed by atoms with Crippen LogP contribution < -0.4 is 10.6 Å². The Kier molecular flexibility index (Phi) is 4.81. The van der Waals surface area contributed by atoms with Crippen molar-refractivity contribution < 1.29 is 8.78 Å². The fourth-order valence-corrected chi connectivity index (χ4v) is 2.39. The molecule has 3 aromatic rings. The van der Waals surface area contributed by atoms with Crippen molar-refractivity contribution in [3.05, 3.63) is 70.4 Å². The number of benzene rings is 2. The number of nitrogens with one attached hydrogen (secondary N) is 2. The molecule has 1 aromatic heterocycles. The van der Waals surface area contributed by atoms with Gasteiger partial charge in [-0.2, -0.15) is 4.98 Å². The minimum absolute atomic E-state index is 0.366. The lowest BCUT2D eigenvalue weighted by atomic mass is 10.2. The first-order chi connectivity index (χ1) is 11.9. The molecule has 0 bridgehead atoms. The van der Waals surface area contributed by atoms with Gasteiger partial charge in [-0.05, 0) is 43.7 Å². The molecule has 4 nitrogen and oxygen atoms in total. The third-order valence-electron chi connectivity index (χ3n) is 3.47. The molecule has 25 heavy (non-hydrogen) atoms. The number of hydrogen-bond acceptors (Lipinski definition) is 4. The smallest absolute Gasteiger partial charge is 0.229 e. The van der Waals surface area contributed by atoms with Crippen LogP contribution in [-0.4, -0.2) is 9.97 Å². The summed E-state index contributed by atoms with van der Waals surface area (Å²) < 4.78 is 26.3. The van der Waals surface area contributed by atoms with E-state index in [4.69, 9.17) is 11.6 Å². The van der Waals surface area contributed by atoms with Crippen molar-refractivity contribution in [3.63, 3.8) is 0 Å². The second-order valence-electron chi connectivity index (χ2n) is 5.56. The summed E-state index contributed by atoms with van der Waals surface area (Å²) in [6.45, 7) is 3.73. The molecule has 0 saturated carbocycles. The van der Waals surface area contributed by atoms with Crippen LogP contribution >= 0.6 is 11.6 Å². The Balaban J connectivity index is 1.84. The van der Waals surface area contributed by atoms with Crippen LogP contribution in [0.15, 0.2) is 42.5 Å². The fourth-order valence-electron chi connectivity index (χ4n) is 2.21. The number of aryl methyl sites for hydroxylation is 2. The summed E-state index contributed by atoms with van der Waals surface area (Å²) in [5.41, 5.74) is 2.82. The minimum Gasteiger partial charge on any atom is -0.340 e. The van der Waals surface area contributed by atoms with Gasteiger partial charge in [0.2, 0.25) is 5.95 Å². The van der Waals surface area contributed by atoms with Crippen LogP contribution in [0.1, 0.15) is 11.3 Å². The first kappa shape index (κ1) is 17.1. The van der Waals surface area contributed by atoms with Gasteiger partial charge in [0, 0.05) is 34.2 Å². The van der Waals surface area contributed by atoms with Gasteiger partial charge in [-0.25, -0.2) is 13.8 Å². The van der Waals surface area contributed by atoms with Gasteiger partial charge in [-0.15, -0.1) is 0 Å². The maximum Gasteiger partial charge on any atom is 0.229 e. The average molecular weight is 361 g/mol. The van der Waals surface area contributed by atoms with E-state index in [1.54, 1.807) is 12.1 Å². The largest absolute Gasteiger partial charge is 0.340 e. The van der Waals surface area contributed by atoms with Crippen LogP contribution in [0, 0.1) is 25.5 Å². The molecule has 3 rings (SSSR count). The lowest BCUT2D eigenvalue weighted by Gasteiger charge is -2.11. The van der Waals surface area contributed by atoms with Crippen LogP contribution in [0.25, 0.3) is 0 Å². The van der Waals surface area contributed by atoms with Gasteiger partial charge >= 0.3 is 0 Å². The number of nitrogens with zero attached hydrogens (tertiary/aromatic N) is 2. The molecule has 0 aliphatic rings. The molecule has 0 aliphatic heterocycles. The van der Waals surface area contributed by atoms with E-state index < -0.39 is 11.6 Å². The maximum absolute atomic E-state index is 13.3. The third kappa shape index (κ3) is 4.22. The number of hydrogen-bond donors (Lipinski definition) is 2. The van der Waals surface area contributed by atoms with Gasteiger partial charge in [0.25, 0.3) is 0 Å². The zero-order valence-corrected chi connectivity index (χ0v) is 14.3. The molecular formula is C18H15ClF2N4. The first-order valence-electron chi connectivity index (χ1n) is 7.51. The quantitative estimate of drug-likeness (QED) is 0.644. The second-order valence-corrected chi connectivity index (χ2v) is 5.97. The molecule has 2 aromatic carbocycles. The Morgan fingerprint density at radius 3 is 2.28 bits per heavy atom. The Hall–Kier alpha value is -2.73. The molecule has 0 spiro atoms. The summed E-state index contributed by atoms with van der Waals surface area (Å²) in [6.07, 6.45) is 0. The van der Waals surface area contributed by atoms with Crippen molar-refractivity contribution >= 4 is 34.7 Å². The number of aromatic nitrogens is 2. The van der Waals surface area contributed by atoms with Crippen LogP contribution in [0.3, 0.4) is 0 Å². The summed E-state index contributed by atoms with van der Waals surface area (Å²) >= 11 is 6.12. The minimum atomic E-state index is -0.927. The van der Waals surface area contributed by atoms with Gasteiger partial charge < -0.3 is 10.6 Å². The predicted octanol–water partition coefficient (Wildman–Crippen LogP) is 5.51. The summed E-state index contributed by atoms with van der Waals surface area (Å²) in [4.78, 5) is 8.65. The van der Waals surface area contributed by atoms with Crippen LogP contribution in [0.4, 0.5) is 31.9 Å². The summed E-state index contributed by atoms with van der Waals surface area (Å²) in [7, 11) is 0. The standard InChI is InChI=1S/C18H15ClF2N4/c1-10-3-4-12(8-14(10)19)24-18-22-11(2)7-17(25-18)23-13-5-6-15(20)16(21)9-13/h3-9H,1-2H3,(H2,22,23,24,25). The molecule has 2 N–H and O–H groups in total. The van der Waals surface area contributed by atoms with Gasteiger partial charge in [-0.3, -0.25) is 0 Å². The van der Waals surface area contributed by atoms with E-state index in [0.717, 1.165) is 23.4 Å². The van der Waals surface area contributed by atoms with E-state index >= 15 is 0 Å². The van der Waals surface area contributed by atoms with Gasteiger partial charge in [-0.1, -0.05) is 17.7 Å². The van der Waals surface area contributed by atoms with Crippen molar-refractivity contribution in [2.75, 3.05) is 10.6 Å². The van der Waals surface area contributed by atoms with E-state index in [1.165, 1.54) is 6.07 Å². The number of rotatable bonds is 4. The van der Waals surface area contributed by atoms with E-state index in [-0.39, 0.29) is 0 Å². The van der Waals surface area contributed by atoms with Crippen molar-refractivity contribution in [1.82, 2.24) is 9.97 Å². The third-order valence-corrected chi connectivity index (χ3v) is 3.88. The molecule has 128 valence electrons. The average Bonchev–Trinajstić information content (AvgIpc) is 2.54. The Labute approximate surface area is 148 Å². The first-order valence-corrected chi connectivity index (χ1v) is 7.89. The van der Waals surface area contributed by atoms with Gasteiger partial charge in [0.15, 0.2) is 11.6 Å². The SMILES string of the molecule is Cc1cc(Nc2ccc(F)c(F)c2)nc(Nc2ccc(C)c(Cl)c2)n1. The highest BCUT2D eigenvalue weighted by Crippen LogP contribution is 2.24. The summed E-state index contributed by atoms with van der Waals surface area (Å²) in [6, 6.07) is 10.8. The van der Waals surface area contributed by atoms with E-state index in [0.29, 0.717) is 28.2 Å². The predicted molar refractivity (Wildman–Crippen MR) is 95.9 cm³/mol. The molecule has 1 heterocycles. The highest BCUT2D eigenvalue weighted by molar-refractivity contribution is 6.31. The van der Waals surface area contributed by atoms with Crippen molar-refractivity contribution in [3.8, 4) is 0 Å². The normalized spacial score (nSPS) is 10.6. The summed E-state index contributed by atoms with van der Waals surface area (Å²) in [5.74, 6) is -1.00. The second kappa shape index (κ2) is 7.03. The molecule has 0 aliphatic carbocycles. The van der Waals surface area contributed by atoms with Gasteiger partial charge in [0.1, 0.15) is 5.82 Å². The molecular weight excluding hydrogens is 346 g/mol. The van der Waals surface area contributed by atoms with Crippen LogP contribution in [0.2, 0.25) is 5.02 Å². The van der Waals surface area contributed by atoms with E-state index in [9.17, 15) is 8.78 Å². The Morgan fingerprint density at radius 1 is 0.840 bits per heavy atom. The molecule has 7 heteroatoms. The lowest BCUT2D eigenvalue weighted by molar-refractivity contribution is 0.509. The fraction of sp³-hybridized carbons (Fsp3) is 0.111. The topological polar surface area (TPSA) is 49.8 Å². The highest BCUT2D eigenvalue weighted by atomic mass is 35.5. The summed E-state index contributed by atoms with van der Waals surface area (Å²) in [5, 5.41) is 6.65. The molecule has 0 amide bonds. The molecule has 0 fully saturated rings. The van der Waals surface area contributed by atoms with Crippen LogP contribution in [0.5, 0.6) is 0 Å². The van der Waals surface area contributed by atoms with Crippen molar-refractivity contribution in [1.29, 1.82) is 0 Å². The monoisotopic (exact) mass is 360 g/mol. The molecule has 0 radical (unpaired) electrons. The van der Waals surface area contributed by atoms with Crippen LogP contribution in [-0.2, 0) is 0 Å². The zero-order chi connectivity index (χ0) is 18.0. The molecule has 0 atom stereocenters. The Bertz CT molecular complexity index is 859. The molecule has 0 unspecified atom stereocenters. The highest BCUT2D eigenvalue weighted by Gasteiger charge is 2.07. The van der Waals surface area contributed by atoms with Gasteiger partial charge in [0.05, 0.1) is 0 Å². The van der Waals surface area contributed by atoms with Crippen molar-refractivity contribution in [2.45, 2.75) is 13.8 Å². The number of anilines is 4. The number of halogens is 3. The van der Waals surface area contributed by atoms with E-state index in [2.05, 4.69) is 20.6 Å². The maximum atomic E-state index is 13.3. The zero-order valence-electron chi connectivity index (χ0n) is 13.6.